The molecule has 1 aliphatic rings. The number of hydrogen-bond acceptors (Lipinski definition) is 1. The van der Waals surface area contributed by atoms with Gasteiger partial charge in [-0.3, -0.25) is 4.90 Å². The number of quaternary nitrogens is 1. The van der Waals surface area contributed by atoms with Gasteiger partial charge < -0.3 is 16.9 Å². The Hall–Kier alpha value is 0.210. The first-order chi connectivity index (χ1) is 5.66. The zero-order valence-electron chi connectivity index (χ0n) is 9.22. The highest BCUT2D eigenvalue weighted by Gasteiger charge is 2.25. The molecule has 13 heavy (non-hydrogen) atoms. The van der Waals surface area contributed by atoms with Crippen molar-refractivity contribution in [1.29, 1.82) is 0 Å². The number of halogens is 1. The molecule has 0 aliphatic carbocycles. The molecule has 1 rings (SSSR count). The van der Waals surface area contributed by atoms with E-state index in [9.17, 15) is 0 Å². The zero-order valence-corrected chi connectivity index (χ0v) is 9.98. The standard InChI is InChI=1S/C10H23N2.ClH/c1-4-5-8-12(3)9-6-11(2)7-10-12;/h4-10H2,1-3H3;1H/q+1;/p-1. The number of rotatable bonds is 3. The molecule has 0 aromatic heterocycles. The van der Waals surface area contributed by atoms with Gasteiger partial charge >= 0.3 is 0 Å². The van der Waals surface area contributed by atoms with Gasteiger partial charge in [0.05, 0.1) is 26.7 Å². The quantitative estimate of drug-likeness (QED) is 0.492. The van der Waals surface area contributed by atoms with Crippen molar-refractivity contribution in [2.24, 2.45) is 0 Å². The second-order valence-electron chi connectivity index (χ2n) is 4.45. The molecule has 0 unspecified atom stereocenters. The third-order valence-corrected chi connectivity index (χ3v) is 3.09. The number of unbranched alkanes of at least 4 members (excludes halogenated alkanes) is 1. The summed E-state index contributed by atoms with van der Waals surface area (Å²) < 4.78 is 1.30. The SMILES string of the molecule is CCCC[N+]1(C)CCN(C)CC1.[Cl-]. The zero-order chi connectivity index (χ0) is 9.03. The smallest absolute Gasteiger partial charge is 0.0914 e. The highest BCUT2D eigenvalue weighted by atomic mass is 35.5. The second kappa shape index (κ2) is 5.84. The first-order valence-corrected chi connectivity index (χ1v) is 5.18. The number of likely N-dealkylation sites (N-methyl/N-ethyl adjacent to an activating group) is 2. The maximum absolute atomic E-state index is 2.44. The van der Waals surface area contributed by atoms with Gasteiger partial charge in [-0.25, -0.2) is 0 Å². The lowest BCUT2D eigenvalue weighted by molar-refractivity contribution is -0.913. The van der Waals surface area contributed by atoms with E-state index in [1.165, 1.54) is 50.0 Å². The molecule has 0 atom stereocenters. The fourth-order valence-corrected chi connectivity index (χ4v) is 1.81. The van der Waals surface area contributed by atoms with Crippen molar-refractivity contribution < 1.29 is 16.9 Å². The van der Waals surface area contributed by atoms with Crippen molar-refractivity contribution in [2.75, 3.05) is 46.8 Å². The van der Waals surface area contributed by atoms with E-state index in [0.29, 0.717) is 0 Å². The third-order valence-electron chi connectivity index (χ3n) is 3.09. The third kappa shape index (κ3) is 4.30. The summed E-state index contributed by atoms with van der Waals surface area (Å²) >= 11 is 0. The highest BCUT2D eigenvalue weighted by molar-refractivity contribution is 4.57. The molecule has 0 aromatic carbocycles. The van der Waals surface area contributed by atoms with Crippen LogP contribution >= 0.6 is 0 Å². The molecule has 0 aromatic rings. The maximum Gasteiger partial charge on any atom is 0.0914 e. The fourth-order valence-electron chi connectivity index (χ4n) is 1.81. The van der Waals surface area contributed by atoms with Crippen LogP contribution in [0.4, 0.5) is 0 Å². The molecule has 1 fully saturated rings. The van der Waals surface area contributed by atoms with E-state index in [2.05, 4.69) is 25.9 Å². The first kappa shape index (κ1) is 13.2. The van der Waals surface area contributed by atoms with Gasteiger partial charge in [-0.15, -0.1) is 0 Å². The fraction of sp³-hybridized carbons (Fsp3) is 1.00. The number of hydrogen-bond donors (Lipinski definition) is 0. The predicted octanol–water partition coefficient (Wildman–Crippen LogP) is -1.82. The van der Waals surface area contributed by atoms with E-state index in [-0.39, 0.29) is 12.4 Å². The Morgan fingerprint density at radius 2 is 1.77 bits per heavy atom. The van der Waals surface area contributed by atoms with Gasteiger partial charge in [0.25, 0.3) is 0 Å². The average molecular weight is 207 g/mol. The van der Waals surface area contributed by atoms with Gasteiger partial charge in [0.15, 0.2) is 0 Å². The van der Waals surface area contributed by atoms with Crippen LogP contribution < -0.4 is 12.4 Å². The van der Waals surface area contributed by atoms with Gasteiger partial charge in [-0.1, -0.05) is 13.3 Å². The molecule has 1 heterocycles. The normalized spacial score (nSPS) is 22.4. The van der Waals surface area contributed by atoms with E-state index in [1.54, 1.807) is 0 Å². The Kier molecular flexibility index (Phi) is 5.93. The van der Waals surface area contributed by atoms with Crippen LogP contribution in [-0.2, 0) is 0 Å². The largest absolute Gasteiger partial charge is 1.00 e. The summed E-state index contributed by atoms with van der Waals surface area (Å²) in [6.07, 6.45) is 2.73. The van der Waals surface area contributed by atoms with E-state index in [1.807, 2.05) is 0 Å². The number of piperazine rings is 1. The molecule has 1 saturated heterocycles. The summed E-state index contributed by atoms with van der Waals surface area (Å²) in [5, 5.41) is 0. The monoisotopic (exact) mass is 206 g/mol. The van der Waals surface area contributed by atoms with E-state index >= 15 is 0 Å². The van der Waals surface area contributed by atoms with Crippen molar-refractivity contribution in [3.05, 3.63) is 0 Å². The Labute approximate surface area is 88.9 Å². The van der Waals surface area contributed by atoms with Gasteiger partial charge in [0, 0.05) is 13.1 Å². The van der Waals surface area contributed by atoms with Crippen LogP contribution in [0.1, 0.15) is 19.8 Å². The summed E-state index contributed by atoms with van der Waals surface area (Å²) in [7, 11) is 4.63. The van der Waals surface area contributed by atoms with Crippen LogP contribution in [0.2, 0.25) is 0 Å². The lowest BCUT2D eigenvalue weighted by Crippen LogP contribution is -3.00. The predicted molar refractivity (Wildman–Crippen MR) is 53.2 cm³/mol. The van der Waals surface area contributed by atoms with Crippen molar-refractivity contribution in [3.63, 3.8) is 0 Å². The number of nitrogens with zero attached hydrogens (tertiary/aromatic N) is 2. The maximum atomic E-state index is 2.44. The highest BCUT2D eigenvalue weighted by Crippen LogP contribution is 2.10. The van der Waals surface area contributed by atoms with Crippen LogP contribution in [-0.4, -0.2) is 56.2 Å². The Morgan fingerprint density at radius 1 is 1.23 bits per heavy atom. The summed E-state index contributed by atoms with van der Waals surface area (Å²) in [6, 6.07) is 0. The van der Waals surface area contributed by atoms with Crippen LogP contribution in [0.3, 0.4) is 0 Å². The van der Waals surface area contributed by atoms with Gasteiger partial charge in [-0.05, 0) is 13.5 Å². The summed E-state index contributed by atoms with van der Waals surface area (Å²) in [6.45, 7) is 8.90. The molecule has 0 bridgehead atoms. The first-order valence-electron chi connectivity index (χ1n) is 5.18. The molecule has 0 saturated carbocycles. The average Bonchev–Trinajstić information content (AvgIpc) is 2.08. The molecule has 0 amide bonds. The lowest BCUT2D eigenvalue weighted by atomic mass is 10.2. The van der Waals surface area contributed by atoms with Crippen molar-refractivity contribution in [3.8, 4) is 0 Å². The van der Waals surface area contributed by atoms with Crippen LogP contribution in [0.25, 0.3) is 0 Å². The molecule has 3 heteroatoms. The van der Waals surface area contributed by atoms with Crippen LogP contribution in [0, 0.1) is 0 Å². The second-order valence-corrected chi connectivity index (χ2v) is 4.45. The topological polar surface area (TPSA) is 3.24 Å². The van der Waals surface area contributed by atoms with Crippen molar-refractivity contribution in [1.82, 2.24) is 4.90 Å². The molecule has 80 valence electrons. The Morgan fingerprint density at radius 3 is 2.23 bits per heavy atom. The van der Waals surface area contributed by atoms with Crippen LogP contribution in [0.15, 0.2) is 0 Å². The van der Waals surface area contributed by atoms with Gasteiger partial charge in [0.2, 0.25) is 0 Å². The molecule has 2 nitrogen and oxygen atoms in total. The lowest BCUT2D eigenvalue weighted by Gasteiger charge is -2.41. The van der Waals surface area contributed by atoms with E-state index in [4.69, 9.17) is 0 Å². The Balaban J connectivity index is 0.00000144. The van der Waals surface area contributed by atoms with E-state index in [0.717, 1.165) is 0 Å². The van der Waals surface area contributed by atoms with Crippen LogP contribution in [0.5, 0.6) is 0 Å². The minimum atomic E-state index is 0. The minimum absolute atomic E-state index is 0. The van der Waals surface area contributed by atoms with Gasteiger partial charge in [-0.2, -0.15) is 0 Å². The minimum Gasteiger partial charge on any atom is -1.00 e. The molecular formula is C10H23ClN2. The van der Waals surface area contributed by atoms with Gasteiger partial charge in [0.1, 0.15) is 0 Å². The molecule has 0 N–H and O–H groups in total. The molecule has 0 spiro atoms. The Bertz CT molecular complexity index is 125. The summed E-state index contributed by atoms with van der Waals surface area (Å²) in [5.74, 6) is 0. The molecular weight excluding hydrogens is 184 g/mol. The molecule has 0 radical (unpaired) electrons. The molecule has 1 aliphatic heterocycles. The van der Waals surface area contributed by atoms with Crippen molar-refractivity contribution in [2.45, 2.75) is 19.8 Å². The van der Waals surface area contributed by atoms with E-state index < -0.39 is 0 Å². The summed E-state index contributed by atoms with van der Waals surface area (Å²) in [5.41, 5.74) is 0. The summed E-state index contributed by atoms with van der Waals surface area (Å²) in [4.78, 5) is 2.44. The van der Waals surface area contributed by atoms with Crippen molar-refractivity contribution >= 4 is 0 Å².